The molecule has 8 nitrogen and oxygen atoms in total. The molecular weight excluding hydrogens is 387 g/mol. The number of anilines is 1. The Bertz CT molecular complexity index is 1050. The van der Waals surface area contributed by atoms with E-state index in [0.717, 1.165) is 25.9 Å². The lowest BCUT2D eigenvalue weighted by molar-refractivity contribution is -0.137. The molecule has 1 fully saturated rings. The van der Waals surface area contributed by atoms with Crippen molar-refractivity contribution in [3.8, 4) is 17.1 Å². The normalized spacial score (nSPS) is 18.3. The minimum absolute atomic E-state index is 0.0764. The summed E-state index contributed by atoms with van der Waals surface area (Å²) in [6.07, 6.45) is -0.329. The lowest BCUT2D eigenvalue weighted by Gasteiger charge is -2.30. The number of aromatic nitrogens is 5. The molecule has 154 valence electrons. The molecule has 0 radical (unpaired) electrons. The maximum Gasteiger partial charge on any atom is 0.418 e. The Kier molecular flexibility index (Phi) is 4.77. The first-order valence-electron chi connectivity index (χ1n) is 9.14. The van der Waals surface area contributed by atoms with Crippen LogP contribution < -0.4 is 5.32 Å². The van der Waals surface area contributed by atoms with Crippen molar-refractivity contribution in [3.63, 3.8) is 0 Å². The van der Waals surface area contributed by atoms with Crippen LogP contribution in [0.15, 0.2) is 18.5 Å². The Labute approximate surface area is 164 Å². The monoisotopic (exact) mass is 407 g/mol. The van der Waals surface area contributed by atoms with E-state index in [1.165, 1.54) is 6.20 Å². The van der Waals surface area contributed by atoms with E-state index in [1.54, 1.807) is 11.7 Å². The Morgan fingerprint density at radius 2 is 1.97 bits per heavy atom. The summed E-state index contributed by atoms with van der Waals surface area (Å²) in [5.74, 6) is -0.0793. The van der Waals surface area contributed by atoms with Crippen LogP contribution in [0.3, 0.4) is 0 Å². The van der Waals surface area contributed by atoms with Crippen LogP contribution in [-0.4, -0.2) is 61.1 Å². The number of nitrogens with zero attached hydrogens (tertiary/aromatic N) is 6. The summed E-state index contributed by atoms with van der Waals surface area (Å²) < 4.78 is 40.2. The lowest BCUT2D eigenvalue weighted by Crippen LogP contribution is -2.40. The molecule has 1 aliphatic rings. The minimum atomic E-state index is -4.60. The van der Waals surface area contributed by atoms with Crippen LogP contribution in [0.2, 0.25) is 0 Å². The van der Waals surface area contributed by atoms with E-state index >= 15 is 0 Å². The number of pyridine rings is 1. The molecule has 3 aromatic rings. The van der Waals surface area contributed by atoms with Gasteiger partial charge in [0.05, 0.1) is 17.1 Å². The number of nitrogens with one attached hydrogen (secondary N) is 1. The van der Waals surface area contributed by atoms with Gasteiger partial charge in [0.1, 0.15) is 22.7 Å². The minimum Gasteiger partial charge on any atom is -0.506 e. The number of aromatic hydroxyl groups is 1. The highest BCUT2D eigenvalue weighted by molar-refractivity contribution is 5.97. The van der Waals surface area contributed by atoms with Gasteiger partial charge in [-0.15, -0.1) is 10.2 Å². The van der Waals surface area contributed by atoms with Gasteiger partial charge in [-0.3, -0.25) is 4.68 Å². The van der Waals surface area contributed by atoms with Gasteiger partial charge in [-0.25, -0.2) is 4.98 Å². The molecule has 2 N–H and O–H groups in total. The van der Waals surface area contributed by atoms with Crippen molar-refractivity contribution in [2.75, 3.05) is 25.5 Å². The van der Waals surface area contributed by atoms with E-state index < -0.39 is 17.5 Å². The lowest BCUT2D eigenvalue weighted by atomic mass is 10.1. The molecule has 1 aliphatic heterocycles. The average molecular weight is 407 g/mol. The topological polar surface area (TPSA) is 92.0 Å². The van der Waals surface area contributed by atoms with Crippen LogP contribution in [-0.2, 0) is 13.2 Å². The van der Waals surface area contributed by atoms with Crippen LogP contribution >= 0.6 is 0 Å². The van der Waals surface area contributed by atoms with Crippen molar-refractivity contribution < 1.29 is 18.3 Å². The maximum atomic E-state index is 12.9. The van der Waals surface area contributed by atoms with E-state index in [4.69, 9.17) is 0 Å². The van der Waals surface area contributed by atoms with Crippen molar-refractivity contribution in [3.05, 3.63) is 24.0 Å². The van der Waals surface area contributed by atoms with E-state index in [9.17, 15) is 18.3 Å². The molecule has 1 atom stereocenters. The van der Waals surface area contributed by atoms with Crippen molar-refractivity contribution in [2.45, 2.75) is 25.1 Å². The quantitative estimate of drug-likeness (QED) is 0.690. The summed E-state index contributed by atoms with van der Waals surface area (Å²) in [5.41, 5.74) is -0.295. The number of aryl methyl sites for hydroxylation is 1. The molecule has 0 spiro atoms. The molecule has 4 rings (SSSR count). The van der Waals surface area contributed by atoms with Crippen molar-refractivity contribution >= 4 is 16.7 Å². The summed E-state index contributed by atoms with van der Waals surface area (Å²) in [4.78, 5) is 6.02. The fraction of sp³-hybridized carbons (Fsp3) is 0.444. The van der Waals surface area contributed by atoms with Crippen LogP contribution in [0, 0.1) is 0 Å². The average Bonchev–Trinajstić information content (AvgIpc) is 3.04. The number of halogens is 3. The van der Waals surface area contributed by atoms with Crippen molar-refractivity contribution in [1.82, 2.24) is 29.9 Å². The zero-order chi connectivity index (χ0) is 20.8. The number of piperidine rings is 1. The molecule has 0 amide bonds. The first kappa shape index (κ1) is 19.4. The number of likely N-dealkylation sites (N-methyl/N-ethyl adjacent to an activating group) is 1. The standard InChI is InChI=1S/C18H20F3N7O/c1-27-5-3-4-11(9-27)24-17-16-12(8-23-28(16)2)14(25-26-17)15-13(29)6-10(7-22-15)18(19,20)21/h6-8,11,29H,3-5,9H2,1-2H3,(H,24,26)/t11-/m1/s1. The van der Waals surface area contributed by atoms with E-state index in [-0.39, 0.29) is 17.4 Å². The van der Waals surface area contributed by atoms with Crippen LogP contribution in [0.1, 0.15) is 18.4 Å². The number of fused-ring (bicyclic) bond motifs is 1. The fourth-order valence-electron chi connectivity index (χ4n) is 3.63. The highest BCUT2D eigenvalue weighted by Gasteiger charge is 2.32. The molecule has 0 bridgehead atoms. The zero-order valence-corrected chi connectivity index (χ0v) is 15.9. The molecule has 3 aromatic heterocycles. The Balaban J connectivity index is 1.74. The molecule has 29 heavy (non-hydrogen) atoms. The largest absolute Gasteiger partial charge is 0.506 e. The molecule has 0 aliphatic carbocycles. The van der Waals surface area contributed by atoms with Gasteiger partial charge in [0, 0.05) is 25.8 Å². The van der Waals surface area contributed by atoms with Gasteiger partial charge >= 0.3 is 6.18 Å². The number of rotatable bonds is 3. The Hall–Kier alpha value is -2.95. The predicted octanol–water partition coefficient (Wildman–Crippen LogP) is 2.66. The smallest absolute Gasteiger partial charge is 0.418 e. The van der Waals surface area contributed by atoms with Gasteiger partial charge in [-0.1, -0.05) is 0 Å². The third-order valence-corrected chi connectivity index (χ3v) is 5.05. The summed E-state index contributed by atoms with van der Waals surface area (Å²) >= 11 is 0. The van der Waals surface area contributed by atoms with Gasteiger partial charge in [-0.05, 0) is 32.5 Å². The van der Waals surface area contributed by atoms with Gasteiger partial charge in [0.25, 0.3) is 0 Å². The summed E-state index contributed by atoms with van der Waals surface area (Å²) in [5, 5.41) is 26.7. The van der Waals surface area contributed by atoms with Gasteiger partial charge in [0.15, 0.2) is 5.82 Å². The molecule has 0 saturated carbocycles. The van der Waals surface area contributed by atoms with Crippen LogP contribution in [0.5, 0.6) is 5.75 Å². The third kappa shape index (κ3) is 3.69. The molecule has 0 aromatic carbocycles. The molecule has 1 saturated heterocycles. The highest BCUT2D eigenvalue weighted by Crippen LogP contribution is 2.37. The fourth-order valence-corrected chi connectivity index (χ4v) is 3.63. The molecule has 11 heteroatoms. The van der Waals surface area contributed by atoms with Gasteiger partial charge in [-0.2, -0.15) is 18.3 Å². The summed E-state index contributed by atoms with van der Waals surface area (Å²) in [7, 11) is 3.80. The first-order chi connectivity index (χ1) is 13.7. The van der Waals surface area contributed by atoms with Crippen molar-refractivity contribution in [1.29, 1.82) is 0 Å². The van der Waals surface area contributed by atoms with Gasteiger partial charge in [0.2, 0.25) is 0 Å². The van der Waals surface area contributed by atoms with Gasteiger partial charge < -0.3 is 15.3 Å². The second-order valence-corrected chi connectivity index (χ2v) is 7.26. The third-order valence-electron chi connectivity index (χ3n) is 5.05. The maximum absolute atomic E-state index is 12.9. The molecule has 4 heterocycles. The number of alkyl halides is 3. The molecular formula is C18H20F3N7O. The molecule has 0 unspecified atom stereocenters. The second-order valence-electron chi connectivity index (χ2n) is 7.26. The van der Waals surface area contributed by atoms with Crippen LogP contribution in [0.4, 0.5) is 19.0 Å². The summed E-state index contributed by atoms with van der Waals surface area (Å²) in [6, 6.07) is 0.834. The van der Waals surface area contributed by atoms with E-state index in [0.29, 0.717) is 29.0 Å². The summed E-state index contributed by atoms with van der Waals surface area (Å²) in [6.45, 7) is 1.91. The number of likely N-dealkylation sites (tertiary alicyclic amines) is 1. The first-order valence-corrected chi connectivity index (χ1v) is 9.14. The Morgan fingerprint density at radius 1 is 1.17 bits per heavy atom. The zero-order valence-electron chi connectivity index (χ0n) is 15.9. The van der Waals surface area contributed by atoms with Crippen molar-refractivity contribution in [2.24, 2.45) is 7.05 Å². The van der Waals surface area contributed by atoms with Crippen LogP contribution in [0.25, 0.3) is 22.3 Å². The second kappa shape index (κ2) is 7.14. The number of hydrogen-bond acceptors (Lipinski definition) is 7. The highest BCUT2D eigenvalue weighted by atomic mass is 19.4. The SMILES string of the molecule is CN1CCC[C@@H](Nc2nnc(-c3ncc(C(F)(F)F)cc3O)c3cnn(C)c23)C1. The van der Waals surface area contributed by atoms with E-state index in [1.807, 2.05) is 0 Å². The van der Waals surface area contributed by atoms with E-state index in [2.05, 4.69) is 37.5 Å². The number of hydrogen-bond donors (Lipinski definition) is 2. The Morgan fingerprint density at radius 3 is 2.66 bits per heavy atom. The predicted molar refractivity (Wildman–Crippen MR) is 100 cm³/mol.